The summed E-state index contributed by atoms with van der Waals surface area (Å²) >= 11 is 0. The monoisotopic (exact) mass is 520 g/mol. The third kappa shape index (κ3) is 6.07. The summed E-state index contributed by atoms with van der Waals surface area (Å²) in [6.45, 7) is 8.72. The van der Waals surface area contributed by atoms with Gasteiger partial charge in [-0.2, -0.15) is 6.08 Å². The number of benzene rings is 3. The van der Waals surface area contributed by atoms with Gasteiger partial charge in [0, 0.05) is 0 Å². The minimum Gasteiger partial charge on any atom is -0.273 e. The molecule has 1 aliphatic rings. The van der Waals surface area contributed by atoms with Gasteiger partial charge in [-0.05, 0) is 0 Å². The SMILES string of the molecule is Cc1cc(C)c(-c2c3b[c-]ccc3cc3ccccc23)c(C)c1.Cl.Cl.[C-]1=CC=CC1.[Zr+2]. The van der Waals surface area contributed by atoms with Crippen molar-refractivity contribution in [2.75, 3.05) is 0 Å². The maximum Gasteiger partial charge on any atom is 2.00 e. The van der Waals surface area contributed by atoms with Gasteiger partial charge in [0.05, 0.1) is 0 Å². The van der Waals surface area contributed by atoms with E-state index in [0.717, 1.165) is 6.42 Å². The molecule has 0 aliphatic heterocycles. The molecule has 0 radical (unpaired) electrons. The predicted molar refractivity (Wildman–Crippen MR) is 137 cm³/mol. The minimum absolute atomic E-state index is 0. The van der Waals surface area contributed by atoms with Gasteiger partial charge in [-0.1, -0.05) is 0 Å². The fourth-order valence-corrected chi connectivity index (χ4v) is 4.13. The predicted octanol–water partition coefficient (Wildman–Crippen LogP) is 7.87. The number of hydrogen-bond acceptors (Lipinski definition) is 0. The zero-order chi connectivity index (χ0) is 19.5. The van der Waals surface area contributed by atoms with Crippen LogP contribution < -0.4 is 0 Å². The van der Waals surface area contributed by atoms with Gasteiger partial charge in [0.2, 0.25) is 0 Å². The zero-order valence-corrected chi connectivity index (χ0v) is 22.1. The Bertz CT molecular complexity index is 1140. The van der Waals surface area contributed by atoms with Crippen LogP contribution in [0.5, 0.6) is 0 Å². The molecule has 5 rings (SSSR count). The molecule has 0 nitrogen and oxygen atoms in total. The molecule has 1 aromatic heterocycles. The van der Waals surface area contributed by atoms with Crippen LogP contribution in [0.2, 0.25) is 0 Å². The summed E-state index contributed by atoms with van der Waals surface area (Å²) in [6, 6.07) is 19.7. The van der Waals surface area contributed by atoms with Crippen LogP contribution in [-0.4, -0.2) is 6.91 Å². The first-order chi connectivity index (χ1) is 13.6. The van der Waals surface area contributed by atoms with Gasteiger partial charge in [-0.15, -0.1) is 31.2 Å². The molecule has 0 bridgehead atoms. The van der Waals surface area contributed by atoms with Crippen molar-refractivity contribution in [3.63, 3.8) is 0 Å². The molecule has 0 saturated heterocycles. The number of fused-ring (bicyclic) bond motifs is 2. The Balaban J connectivity index is 0.000000534. The van der Waals surface area contributed by atoms with E-state index in [1.165, 1.54) is 49.3 Å². The summed E-state index contributed by atoms with van der Waals surface area (Å²) in [5, 5.41) is 5.16. The van der Waals surface area contributed by atoms with Crippen LogP contribution in [0.15, 0.2) is 72.8 Å². The Hall–Kier alpha value is -1.46. The van der Waals surface area contributed by atoms with Crippen molar-refractivity contribution >= 4 is 53.2 Å². The van der Waals surface area contributed by atoms with Crippen molar-refractivity contribution in [2.24, 2.45) is 0 Å². The standard InChI is InChI=1S/C22H18B.C5H5.2ClH.Zr/c1-14-11-15(2)20(16(3)12-14)21-19-9-5-4-7-17(19)13-18-8-6-10-23-22(18)21;1-2-4-5-3-1;;;/h4-9,11-13H,1-3H3;1-3H,4H2;2*1H;/q2*-1;;;+2. The molecule has 0 spiro atoms. The summed E-state index contributed by atoms with van der Waals surface area (Å²) < 4.78 is 0. The summed E-state index contributed by atoms with van der Waals surface area (Å²) in [5.41, 5.74) is 6.69. The fraction of sp³-hybridized carbons (Fsp3) is 0.148. The van der Waals surface area contributed by atoms with Gasteiger partial charge in [-0.3, -0.25) is 6.08 Å². The van der Waals surface area contributed by atoms with Crippen LogP contribution in [0.1, 0.15) is 23.1 Å². The van der Waals surface area contributed by atoms with Crippen molar-refractivity contribution in [3.8, 4) is 11.1 Å². The maximum atomic E-state index is 3.26. The van der Waals surface area contributed by atoms with Gasteiger partial charge < -0.3 is 0 Å². The largest absolute Gasteiger partial charge is 2.00 e. The van der Waals surface area contributed by atoms with Crippen molar-refractivity contribution < 1.29 is 26.2 Å². The zero-order valence-electron chi connectivity index (χ0n) is 18.0. The van der Waals surface area contributed by atoms with Crippen LogP contribution in [0.25, 0.3) is 32.6 Å². The Morgan fingerprint density at radius 1 is 0.839 bits per heavy atom. The number of halogens is 2. The summed E-state index contributed by atoms with van der Waals surface area (Å²) in [4.78, 5) is 0. The van der Waals surface area contributed by atoms with E-state index in [2.05, 4.69) is 94.3 Å². The van der Waals surface area contributed by atoms with Crippen LogP contribution in [-0.2, 0) is 26.2 Å². The van der Waals surface area contributed by atoms with E-state index < -0.39 is 0 Å². The van der Waals surface area contributed by atoms with E-state index in [4.69, 9.17) is 0 Å². The maximum absolute atomic E-state index is 3.26. The van der Waals surface area contributed by atoms with Gasteiger partial charge in [0.25, 0.3) is 0 Å². The second-order valence-corrected chi connectivity index (χ2v) is 7.40. The van der Waals surface area contributed by atoms with Gasteiger partial charge in [0.15, 0.2) is 0 Å². The summed E-state index contributed by atoms with van der Waals surface area (Å²) in [5.74, 6) is 3.26. The quantitative estimate of drug-likeness (QED) is 0.176. The Kier molecular flexibility index (Phi) is 11.2. The number of rotatable bonds is 1. The molecule has 0 amide bonds. The first-order valence-electron chi connectivity index (χ1n) is 9.76. The number of hydrogen-bond donors (Lipinski definition) is 0. The van der Waals surface area contributed by atoms with E-state index in [0.29, 0.717) is 0 Å². The fourth-order valence-electron chi connectivity index (χ4n) is 4.13. The molecule has 0 atom stereocenters. The topological polar surface area (TPSA) is 0 Å². The number of aryl methyl sites for hydroxylation is 3. The first kappa shape index (κ1) is 27.6. The Morgan fingerprint density at radius 2 is 1.55 bits per heavy atom. The minimum atomic E-state index is 0. The van der Waals surface area contributed by atoms with Crippen LogP contribution in [0, 0.1) is 32.8 Å². The van der Waals surface area contributed by atoms with E-state index in [-0.39, 0.29) is 51.0 Å². The van der Waals surface area contributed by atoms with E-state index in [1.54, 1.807) is 0 Å². The smallest absolute Gasteiger partial charge is 0.273 e. The summed E-state index contributed by atoms with van der Waals surface area (Å²) in [6.07, 6.45) is 10.0. The second-order valence-electron chi connectivity index (χ2n) is 7.40. The molecule has 0 N–H and O–H groups in total. The van der Waals surface area contributed by atoms with Crippen LogP contribution in [0.4, 0.5) is 0 Å². The van der Waals surface area contributed by atoms with Crippen molar-refractivity contribution in [1.82, 2.24) is 0 Å². The van der Waals surface area contributed by atoms with Crippen molar-refractivity contribution in [1.29, 1.82) is 0 Å². The molecule has 0 saturated carbocycles. The molecule has 154 valence electrons. The summed E-state index contributed by atoms with van der Waals surface area (Å²) in [7, 11) is 0. The molecule has 1 aliphatic carbocycles. The molecule has 1 heterocycles. The molecule has 4 heteroatoms. The third-order valence-corrected chi connectivity index (χ3v) is 5.22. The average Bonchev–Trinajstić information content (AvgIpc) is 3.27. The third-order valence-electron chi connectivity index (χ3n) is 5.22. The molecular formula is C27H25BCl2Zr. The molecule has 4 aromatic rings. The molecular weight excluding hydrogens is 497 g/mol. The van der Waals surface area contributed by atoms with E-state index in [9.17, 15) is 0 Å². The second kappa shape index (κ2) is 12.5. The van der Waals surface area contributed by atoms with Crippen LogP contribution >= 0.6 is 24.8 Å². The normalized spacial score (nSPS) is 11.1. The van der Waals surface area contributed by atoms with Crippen LogP contribution in [0.3, 0.4) is 0 Å². The Morgan fingerprint density at radius 3 is 2.16 bits per heavy atom. The molecule has 0 unspecified atom stereocenters. The van der Waals surface area contributed by atoms with Gasteiger partial charge >= 0.3 is 164 Å². The molecule has 3 aromatic carbocycles. The van der Waals surface area contributed by atoms with E-state index >= 15 is 0 Å². The molecule has 0 fully saturated rings. The average molecular weight is 522 g/mol. The van der Waals surface area contributed by atoms with Crippen molar-refractivity contribution in [2.45, 2.75) is 27.2 Å². The van der Waals surface area contributed by atoms with Gasteiger partial charge in [0.1, 0.15) is 0 Å². The van der Waals surface area contributed by atoms with E-state index in [1.807, 2.05) is 18.2 Å². The Labute approximate surface area is 218 Å². The number of allylic oxidation sites excluding steroid dienone is 4. The first-order valence-corrected chi connectivity index (χ1v) is 9.76. The van der Waals surface area contributed by atoms with Gasteiger partial charge in [-0.25, -0.2) is 12.2 Å². The van der Waals surface area contributed by atoms with Crippen molar-refractivity contribution in [3.05, 3.63) is 102 Å². The molecule has 31 heavy (non-hydrogen) atoms.